The zero-order chi connectivity index (χ0) is 11.3. The van der Waals surface area contributed by atoms with E-state index < -0.39 is 8.80 Å². The van der Waals surface area contributed by atoms with Crippen LogP contribution in [0.2, 0.25) is 6.04 Å². The van der Waals surface area contributed by atoms with Crippen LogP contribution in [0.1, 0.15) is 6.92 Å². The molecule has 0 saturated carbocycles. The van der Waals surface area contributed by atoms with Gasteiger partial charge in [-0.2, -0.15) is 11.8 Å². The van der Waals surface area contributed by atoms with Crippen molar-refractivity contribution in [2.24, 2.45) is 0 Å². The molecular weight excluding hydrogens is 242 g/mol. The average Bonchev–Trinajstić information content (AvgIpc) is 2.19. The molecule has 3 aliphatic rings. The summed E-state index contributed by atoms with van der Waals surface area (Å²) in [5, 5.41) is 0. The molecule has 3 fully saturated rings. The molecule has 0 aromatic carbocycles. The molecule has 2 bridgehead atoms. The molecule has 16 heavy (non-hydrogen) atoms. The number of thioether (sulfide) groups is 1. The van der Waals surface area contributed by atoms with E-state index in [0.29, 0.717) is 0 Å². The van der Waals surface area contributed by atoms with Crippen LogP contribution >= 0.6 is 11.8 Å². The highest BCUT2D eigenvalue weighted by molar-refractivity contribution is 7.99. The summed E-state index contributed by atoms with van der Waals surface area (Å²) in [6.45, 7) is 7.57. The lowest BCUT2D eigenvalue weighted by molar-refractivity contribution is -0.00730. The van der Waals surface area contributed by atoms with Gasteiger partial charge in [-0.1, -0.05) is 6.92 Å². The van der Waals surface area contributed by atoms with Crippen molar-refractivity contribution in [3.05, 3.63) is 0 Å². The monoisotopic (exact) mass is 263 g/mol. The smallest absolute Gasteiger partial charge is 0.372 e. The van der Waals surface area contributed by atoms with Crippen molar-refractivity contribution in [1.29, 1.82) is 0 Å². The first-order valence-corrected chi connectivity index (χ1v) is 9.15. The predicted molar refractivity (Wildman–Crippen MR) is 67.9 cm³/mol. The Morgan fingerprint density at radius 1 is 1.06 bits per heavy atom. The molecule has 0 spiro atoms. The largest absolute Gasteiger partial charge is 0.501 e. The number of rotatable bonds is 4. The van der Waals surface area contributed by atoms with Gasteiger partial charge in [0.2, 0.25) is 0 Å². The lowest BCUT2D eigenvalue weighted by Gasteiger charge is -2.38. The zero-order valence-electron chi connectivity index (χ0n) is 9.94. The van der Waals surface area contributed by atoms with Crippen LogP contribution in [0.15, 0.2) is 0 Å². The number of hydrogen-bond acceptors (Lipinski definition) is 5. The maximum atomic E-state index is 5.93. The van der Waals surface area contributed by atoms with Crippen LogP contribution in [0, 0.1) is 0 Å². The SMILES string of the molecule is CCSCC[Si]12OCCN(CCO1)CCO2. The molecule has 0 aliphatic carbocycles. The molecule has 94 valence electrons. The Morgan fingerprint density at radius 2 is 1.62 bits per heavy atom. The van der Waals surface area contributed by atoms with Gasteiger partial charge in [0.25, 0.3) is 0 Å². The fraction of sp³-hybridized carbons (Fsp3) is 1.00. The first-order chi connectivity index (χ1) is 7.85. The lowest BCUT2D eigenvalue weighted by atomic mass is 10.4. The molecule has 0 atom stereocenters. The van der Waals surface area contributed by atoms with E-state index in [4.69, 9.17) is 13.3 Å². The van der Waals surface area contributed by atoms with Gasteiger partial charge in [0.15, 0.2) is 0 Å². The summed E-state index contributed by atoms with van der Waals surface area (Å²) >= 11 is 1.94. The summed E-state index contributed by atoms with van der Waals surface area (Å²) in [6, 6.07) is 0.964. The van der Waals surface area contributed by atoms with Crippen molar-refractivity contribution < 1.29 is 13.3 Å². The third-order valence-corrected chi connectivity index (χ3v) is 7.00. The van der Waals surface area contributed by atoms with Crippen molar-refractivity contribution in [1.82, 2.24) is 4.90 Å². The maximum absolute atomic E-state index is 5.93. The van der Waals surface area contributed by atoms with Gasteiger partial charge in [-0.15, -0.1) is 0 Å². The summed E-state index contributed by atoms with van der Waals surface area (Å²) in [5.41, 5.74) is 0. The van der Waals surface area contributed by atoms with Gasteiger partial charge in [-0.25, -0.2) is 0 Å². The second-order valence-corrected chi connectivity index (χ2v) is 8.14. The normalized spacial score (nSPS) is 35.4. The first-order valence-electron chi connectivity index (χ1n) is 6.07. The topological polar surface area (TPSA) is 30.9 Å². The minimum absolute atomic E-state index is 0.767. The lowest BCUT2D eigenvalue weighted by Crippen LogP contribution is -2.55. The fourth-order valence-corrected chi connectivity index (χ4v) is 5.77. The standard InChI is InChI=1S/C10H21NO3SSi/c1-2-15-9-10-16-12-6-3-11(4-7-13-16)5-8-14-16/h2-10H2,1H3. The van der Waals surface area contributed by atoms with Gasteiger partial charge >= 0.3 is 8.80 Å². The second-order valence-electron chi connectivity index (χ2n) is 4.02. The van der Waals surface area contributed by atoms with Crippen molar-refractivity contribution >= 4 is 20.6 Å². The summed E-state index contributed by atoms with van der Waals surface area (Å²) in [4.78, 5) is 2.35. The second kappa shape index (κ2) is 6.37. The molecule has 0 unspecified atom stereocenters. The van der Waals surface area contributed by atoms with E-state index in [1.807, 2.05) is 11.8 Å². The Bertz CT molecular complexity index is 194. The molecule has 3 saturated heterocycles. The quantitative estimate of drug-likeness (QED) is 0.559. The Labute approximate surface area is 103 Å². The highest BCUT2D eigenvalue weighted by Gasteiger charge is 2.43. The van der Waals surface area contributed by atoms with E-state index in [1.165, 1.54) is 0 Å². The summed E-state index contributed by atoms with van der Waals surface area (Å²) in [5.74, 6) is 2.24. The summed E-state index contributed by atoms with van der Waals surface area (Å²) < 4.78 is 17.8. The minimum atomic E-state index is -2.31. The van der Waals surface area contributed by atoms with Crippen LogP contribution in [0.5, 0.6) is 0 Å². The Hall–Kier alpha value is 0.407. The van der Waals surface area contributed by atoms with Gasteiger partial charge in [0, 0.05) is 25.7 Å². The molecular formula is C10H21NO3SSi. The number of hydrogen-bond donors (Lipinski definition) is 0. The Morgan fingerprint density at radius 3 is 2.12 bits per heavy atom. The van der Waals surface area contributed by atoms with Crippen molar-refractivity contribution in [2.45, 2.75) is 13.0 Å². The van der Waals surface area contributed by atoms with Crippen molar-refractivity contribution in [2.75, 3.05) is 51.0 Å². The van der Waals surface area contributed by atoms with Crippen molar-refractivity contribution in [3.63, 3.8) is 0 Å². The predicted octanol–water partition coefficient (Wildman–Crippen LogP) is 1.06. The maximum Gasteiger partial charge on any atom is 0.501 e. The Balaban J connectivity index is 1.92. The molecule has 3 rings (SSSR count). The van der Waals surface area contributed by atoms with Crippen LogP contribution in [0.25, 0.3) is 0 Å². The third-order valence-electron chi connectivity index (χ3n) is 2.95. The van der Waals surface area contributed by atoms with Gasteiger partial charge in [-0.3, -0.25) is 4.90 Å². The van der Waals surface area contributed by atoms with Gasteiger partial charge < -0.3 is 13.3 Å². The number of nitrogens with zero attached hydrogens (tertiary/aromatic N) is 1. The average molecular weight is 263 g/mol. The van der Waals surface area contributed by atoms with Gasteiger partial charge in [0.1, 0.15) is 0 Å². The van der Waals surface area contributed by atoms with Crippen molar-refractivity contribution in [3.8, 4) is 0 Å². The molecule has 6 heteroatoms. The first kappa shape index (κ1) is 12.9. The van der Waals surface area contributed by atoms with E-state index in [-0.39, 0.29) is 0 Å². The van der Waals surface area contributed by atoms with E-state index in [0.717, 1.165) is 57.0 Å². The summed E-state index contributed by atoms with van der Waals surface area (Å²) in [7, 11) is -2.31. The molecule has 0 N–H and O–H groups in total. The van der Waals surface area contributed by atoms with E-state index in [1.54, 1.807) is 0 Å². The highest BCUT2D eigenvalue weighted by atomic mass is 32.2. The van der Waals surface area contributed by atoms with Crippen LogP contribution in [0.4, 0.5) is 0 Å². The molecule has 0 aromatic heterocycles. The zero-order valence-corrected chi connectivity index (χ0v) is 11.8. The molecule has 3 aliphatic heterocycles. The van der Waals surface area contributed by atoms with Gasteiger partial charge in [-0.05, 0) is 11.5 Å². The van der Waals surface area contributed by atoms with E-state index in [2.05, 4.69) is 11.8 Å². The molecule has 0 amide bonds. The van der Waals surface area contributed by atoms with Gasteiger partial charge in [0.05, 0.1) is 19.8 Å². The number of fused-ring (bicyclic) bond motifs is 6. The van der Waals surface area contributed by atoms with Crippen LogP contribution in [-0.4, -0.2) is 64.7 Å². The molecule has 0 radical (unpaired) electrons. The van der Waals surface area contributed by atoms with E-state index >= 15 is 0 Å². The highest BCUT2D eigenvalue weighted by Crippen LogP contribution is 2.22. The Kier molecular flexibility index (Phi) is 5.12. The molecule has 0 aromatic rings. The van der Waals surface area contributed by atoms with Crippen LogP contribution in [-0.2, 0) is 13.3 Å². The van der Waals surface area contributed by atoms with Crippen LogP contribution < -0.4 is 0 Å². The molecule has 3 heterocycles. The fourth-order valence-electron chi connectivity index (χ4n) is 2.01. The molecule has 4 nitrogen and oxygen atoms in total. The van der Waals surface area contributed by atoms with Crippen LogP contribution in [0.3, 0.4) is 0 Å². The third kappa shape index (κ3) is 3.45. The minimum Gasteiger partial charge on any atom is -0.372 e. The van der Waals surface area contributed by atoms with E-state index in [9.17, 15) is 0 Å². The summed E-state index contributed by atoms with van der Waals surface area (Å²) in [6.07, 6.45) is 0.